The van der Waals surface area contributed by atoms with Crippen LogP contribution in [0.2, 0.25) is 0 Å². The van der Waals surface area contributed by atoms with E-state index in [0.29, 0.717) is 11.0 Å². The van der Waals surface area contributed by atoms with Gasteiger partial charge in [0, 0.05) is 12.1 Å². The SMILES string of the molecule is CC(c1nc2ccccc2n1C(F)F)N(C)Cc1ccccc1OC(F)(F)F. The molecule has 1 aromatic heterocycles. The Labute approximate surface area is 158 Å². The number of rotatable bonds is 6. The molecule has 0 fully saturated rings. The van der Waals surface area contributed by atoms with Crippen molar-refractivity contribution < 1.29 is 26.7 Å². The van der Waals surface area contributed by atoms with Crippen molar-refractivity contribution in [2.75, 3.05) is 7.05 Å². The molecule has 28 heavy (non-hydrogen) atoms. The molecule has 0 N–H and O–H groups in total. The maximum absolute atomic E-state index is 13.7. The highest BCUT2D eigenvalue weighted by Gasteiger charge is 2.32. The maximum Gasteiger partial charge on any atom is 0.573 e. The van der Waals surface area contributed by atoms with E-state index in [0.717, 1.165) is 4.57 Å². The van der Waals surface area contributed by atoms with Crippen molar-refractivity contribution in [3.63, 3.8) is 0 Å². The summed E-state index contributed by atoms with van der Waals surface area (Å²) in [6.07, 6.45) is -4.82. The summed E-state index contributed by atoms with van der Waals surface area (Å²) in [5.41, 5.74) is 1.02. The Kier molecular flexibility index (Phi) is 5.55. The van der Waals surface area contributed by atoms with Crippen LogP contribution in [-0.4, -0.2) is 27.9 Å². The first-order valence-electron chi connectivity index (χ1n) is 8.46. The average Bonchev–Trinajstić information content (AvgIpc) is 3.01. The lowest BCUT2D eigenvalue weighted by Gasteiger charge is -2.26. The van der Waals surface area contributed by atoms with Gasteiger partial charge >= 0.3 is 12.9 Å². The predicted octanol–water partition coefficient (Wildman–Crippen LogP) is 5.52. The Morgan fingerprint density at radius 2 is 1.71 bits per heavy atom. The third-order valence-corrected chi connectivity index (χ3v) is 4.47. The second kappa shape index (κ2) is 7.75. The van der Waals surface area contributed by atoms with E-state index in [9.17, 15) is 22.0 Å². The van der Waals surface area contributed by atoms with E-state index in [-0.39, 0.29) is 23.7 Å². The monoisotopic (exact) mass is 399 g/mol. The summed E-state index contributed by atoms with van der Waals surface area (Å²) >= 11 is 0. The largest absolute Gasteiger partial charge is 0.573 e. The lowest BCUT2D eigenvalue weighted by Crippen LogP contribution is -2.26. The van der Waals surface area contributed by atoms with Crippen LogP contribution in [0.15, 0.2) is 48.5 Å². The second-order valence-corrected chi connectivity index (χ2v) is 6.35. The molecule has 0 aliphatic heterocycles. The number of aromatic nitrogens is 2. The van der Waals surface area contributed by atoms with E-state index in [4.69, 9.17) is 0 Å². The van der Waals surface area contributed by atoms with Gasteiger partial charge in [-0.1, -0.05) is 30.3 Å². The molecule has 0 aliphatic carbocycles. The zero-order chi connectivity index (χ0) is 20.5. The molecular formula is C19H18F5N3O. The number of hydrogen-bond donors (Lipinski definition) is 0. The average molecular weight is 399 g/mol. The van der Waals surface area contributed by atoms with E-state index in [1.807, 2.05) is 0 Å². The fraction of sp³-hybridized carbons (Fsp3) is 0.316. The van der Waals surface area contributed by atoms with E-state index >= 15 is 0 Å². The van der Waals surface area contributed by atoms with Crippen LogP contribution in [0.5, 0.6) is 5.75 Å². The van der Waals surface area contributed by atoms with Crippen LogP contribution in [0, 0.1) is 0 Å². The van der Waals surface area contributed by atoms with Gasteiger partial charge in [-0.05, 0) is 32.2 Å². The number of para-hydroxylation sites is 3. The lowest BCUT2D eigenvalue weighted by atomic mass is 10.1. The minimum atomic E-state index is -4.82. The van der Waals surface area contributed by atoms with Gasteiger partial charge in [-0.25, -0.2) is 4.98 Å². The highest BCUT2D eigenvalue weighted by molar-refractivity contribution is 5.76. The molecule has 0 radical (unpaired) electrons. The van der Waals surface area contributed by atoms with E-state index in [1.165, 1.54) is 18.2 Å². The van der Waals surface area contributed by atoms with Crippen LogP contribution in [0.1, 0.15) is 30.9 Å². The van der Waals surface area contributed by atoms with Crippen molar-refractivity contribution >= 4 is 11.0 Å². The quantitative estimate of drug-likeness (QED) is 0.511. The Morgan fingerprint density at radius 3 is 2.39 bits per heavy atom. The number of ether oxygens (including phenoxy) is 1. The minimum absolute atomic E-state index is 0.0554. The van der Waals surface area contributed by atoms with Crippen LogP contribution < -0.4 is 4.74 Å². The normalized spacial score (nSPS) is 13.5. The van der Waals surface area contributed by atoms with Crippen LogP contribution >= 0.6 is 0 Å². The molecule has 1 unspecified atom stereocenters. The zero-order valence-electron chi connectivity index (χ0n) is 15.1. The molecular weight excluding hydrogens is 381 g/mol. The Bertz CT molecular complexity index is 954. The van der Waals surface area contributed by atoms with Gasteiger partial charge in [0.1, 0.15) is 11.6 Å². The molecule has 0 saturated carbocycles. The van der Waals surface area contributed by atoms with Gasteiger partial charge in [-0.15, -0.1) is 13.2 Å². The number of alkyl halides is 5. The Balaban J connectivity index is 1.90. The van der Waals surface area contributed by atoms with Crippen LogP contribution in [-0.2, 0) is 6.54 Å². The van der Waals surface area contributed by atoms with Gasteiger partial charge in [0.2, 0.25) is 0 Å². The number of imidazole rings is 1. The molecule has 9 heteroatoms. The molecule has 3 rings (SSSR count). The van der Waals surface area contributed by atoms with Gasteiger partial charge in [-0.3, -0.25) is 9.47 Å². The van der Waals surface area contributed by atoms with Gasteiger partial charge in [0.15, 0.2) is 0 Å². The van der Waals surface area contributed by atoms with E-state index in [2.05, 4.69) is 9.72 Å². The molecule has 0 saturated heterocycles. The topological polar surface area (TPSA) is 30.3 Å². The Morgan fingerprint density at radius 1 is 1.07 bits per heavy atom. The third kappa shape index (κ3) is 4.24. The molecule has 1 atom stereocenters. The maximum atomic E-state index is 13.7. The standard InChI is InChI=1S/C19H18F5N3O/c1-12(17-25-14-8-4-5-9-15(14)27(17)18(20)21)26(2)11-13-7-3-6-10-16(13)28-19(22,23)24/h3-10,12,18H,11H2,1-2H3. The summed E-state index contributed by atoms with van der Waals surface area (Å²) in [4.78, 5) is 5.95. The number of nitrogens with zero attached hydrogens (tertiary/aromatic N) is 3. The van der Waals surface area contributed by atoms with Gasteiger partial charge in [0.25, 0.3) is 0 Å². The molecule has 0 bridgehead atoms. The number of fused-ring (bicyclic) bond motifs is 1. The van der Waals surface area contributed by atoms with Crippen molar-refractivity contribution in [1.82, 2.24) is 14.5 Å². The number of halogens is 5. The summed E-state index contributed by atoms with van der Waals surface area (Å²) in [6.45, 7) is -1.06. The summed E-state index contributed by atoms with van der Waals surface area (Å²) in [7, 11) is 1.63. The highest BCUT2D eigenvalue weighted by atomic mass is 19.4. The molecule has 4 nitrogen and oxygen atoms in total. The van der Waals surface area contributed by atoms with Gasteiger partial charge in [-0.2, -0.15) is 8.78 Å². The highest BCUT2D eigenvalue weighted by Crippen LogP contribution is 2.31. The minimum Gasteiger partial charge on any atom is -0.405 e. The molecule has 150 valence electrons. The van der Waals surface area contributed by atoms with Crippen molar-refractivity contribution in [3.05, 3.63) is 59.9 Å². The van der Waals surface area contributed by atoms with Crippen molar-refractivity contribution in [2.45, 2.75) is 32.4 Å². The molecule has 1 heterocycles. The van der Waals surface area contributed by atoms with E-state index in [1.54, 1.807) is 49.2 Å². The van der Waals surface area contributed by atoms with Crippen molar-refractivity contribution in [1.29, 1.82) is 0 Å². The molecule has 2 aromatic carbocycles. The predicted molar refractivity (Wildman–Crippen MR) is 94.0 cm³/mol. The van der Waals surface area contributed by atoms with Gasteiger partial charge < -0.3 is 4.74 Å². The van der Waals surface area contributed by atoms with Gasteiger partial charge in [0.05, 0.1) is 17.1 Å². The first kappa shape index (κ1) is 20.1. The molecule has 3 aromatic rings. The number of hydrogen-bond acceptors (Lipinski definition) is 3. The number of benzene rings is 2. The smallest absolute Gasteiger partial charge is 0.405 e. The van der Waals surface area contributed by atoms with E-state index < -0.39 is 19.0 Å². The summed E-state index contributed by atoms with van der Waals surface area (Å²) in [5.74, 6) is -0.190. The zero-order valence-corrected chi connectivity index (χ0v) is 15.1. The second-order valence-electron chi connectivity index (χ2n) is 6.35. The summed E-state index contributed by atoms with van der Waals surface area (Å²) < 4.78 is 70.0. The summed E-state index contributed by atoms with van der Waals surface area (Å²) in [6, 6.07) is 11.7. The van der Waals surface area contributed by atoms with Crippen LogP contribution in [0.4, 0.5) is 22.0 Å². The first-order chi connectivity index (χ1) is 13.2. The van der Waals surface area contributed by atoms with Crippen LogP contribution in [0.25, 0.3) is 11.0 Å². The Hall–Kier alpha value is -2.68. The first-order valence-corrected chi connectivity index (χ1v) is 8.46. The molecule has 0 spiro atoms. The third-order valence-electron chi connectivity index (χ3n) is 4.47. The fourth-order valence-electron chi connectivity index (χ4n) is 3.02. The fourth-order valence-corrected chi connectivity index (χ4v) is 3.02. The lowest BCUT2D eigenvalue weighted by molar-refractivity contribution is -0.275. The van der Waals surface area contributed by atoms with Crippen LogP contribution in [0.3, 0.4) is 0 Å². The summed E-state index contributed by atoms with van der Waals surface area (Å²) in [5, 5.41) is 0. The van der Waals surface area contributed by atoms with Crippen molar-refractivity contribution in [3.8, 4) is 5.75 Å². The molecule has 0 amide bonds. The molecule has 0 aliphatic rings. The van der Waals surface area contributed by atoms with Crippen molar-refractivity contribution in [2.24, 2.45) is 0 Å².